The molecule has 4 heterocycles. The third-order valence-electron chi connectivity index (χ3n) is 12.6. The van der Waals surface area contributed by atoms with Gasteiger partial charge in [-0.15, -0.1) is 0 Å². The molecule has 0 aromatic heterocycles. The van der Waals surface area contributed by atoms with Crippen LogP contribution in [0.15, 0.2) is 42.5 Å². The van der Waals surface area contributed by atoms with Gasteiger partial charge in [0.05, 0.1) is 55.1 Å². The Hall–Kier alpha value is -3.36. The molecule has 57 heavy (non-hydrogen) atoms. The van der Waals surface area contributed by atoms with Crippen molar-refractivity contribution in [2.24, 2.45) is 17.8 Å². The number of rotatable bonds is 9. The molecule has 13 heteroatoms. The third-order valence-corrected chi connectivity index (χ3v) is 12.6. The van der Waals surface area contributed by atoms with Gasteiger partial charge < -0.3 is 43.0 Å². The lowest BCUT2D eigenvalue weighted by atomic mass is 9.74. The molecule has 0 saturated carbocycles. The predicted octanol–water partition coefficient (Wildman–Crippen LogP) is 5.90. The topological polar surface area (TPSA) is 139 Å². The van der Waals surface area contributed by atoms with Crippen molar-refractivity contribution in [2.45, 2.75) is 154 Å². The molecule has 0 spiro atoms. The minimum absolute atomic E-state index is 0.0905. The molecule has 5 rings (SSSR count). The van der Waals surface area contributed by atoms with E-state index in [1.807, 2.05) is 83.9 Å². The fraction of sp³-hybridized carbons (Fsp3) is 0.727. The number of benzene rings is 1. The number of carbonyl (C=O) groups is 4. The molecule has 3 unspecified atom stereocenters. The number of cyclic esters (lactones) is 1. The van der Waals surface area contributed by atoms with Gasteiger partial charge in [-0.3, -0.25) is 14.4 Å². The van der Waals surface area contributed by atoms with Gasteiger partial charge in [0.25, 0.3) is 0 Å². The summed E-state index contributed by atoms with van der Waals surface area (Å²) in [5.74, 6) is -3.18. The van der Waals surface area contributed by atoms with E-state index >= 15 is 0 Å². The van der Waals surface area contributed by atoms with E-state index in [0.29, 0.717) is 31.4 Å². The van der Waals surface area contributed by atoms with Gasteiger partial charge >= 0.3 is 18.0 Å². The number of aryl methyl sites for hydroxylation is 1. The smallest absolute Gasteiger partial charge is 0.410 e. The van der Waals surface area contributed by atoms with Crippen LogP contribution in [-0.2, 0) is 54.0 Å². The Bertz CT molecular complexity index is 1590. The molecule has 0 radical (unpaired) electrons. The van der Waals surface area contributed by atoms with Crippen LogP contribution in [0, 0.1) is 17.8 Å². The zero-order valence-electron chi connectivity index (χ0n) is 35.7. The molecule has 1 aromatic carbocycles. The highest BCUT2D eigenvalue weighted by atomic mass is 16.7. The highest BCUT2D eigenvalue weighted by Crippen LogP contribution is 2.43. The zero-order chi connectivity index (χ0) is 41.8. The maximum absolute atomic E-state index is 14.9. The van der Waals surface area contributed by atoms with E-state index in [1.54, 1.807) is 18.7 Å². The van der Waals surface area contributed by atoms with E-state index in [9.17, 15) is 19.2 Å². The monoisotopic (exact) mass is 798 g/mol. The molecule has 0 N–H and O–H groups in total. The number of amides is 1. The van der Waals surface area contributed by atoms with E-state index < -0.39 is 83.7 Å². The lowest BCUT2D eigenvalue weighted by Crippen LogP contribution is -2.60. The minimum Gasteiger partial charge on any atom is -0.458 e. The molecule has 1 amide bonds. The first-order chi connectivity index (χ1) is 26.9. The van der Waals surface area contributed by atoms with Crippen LogP contribution >= 0.6 is 0 Å². The number of carbonyl (C=O) groups excluding carboxylic acids is 4. The van der Waals surface area contributed by atoms with Crippen LogP contribution in [0.5, 0.6) is 0 Å². The standard InChI is InChI=1S/C44H66N2O11/c1-12-35-44(9)39(46(42(50)57-44)20-16-19-32-17-14-13-15-18-32)30(6)37(48)27(3)23-43(8)36(22-34(29(5)40(49)55-35)51-24-26(2)25-52-43)56-41-38(54-31(7)47)33(45(10)11)21-28(4)53-41/h13-15,17-18,27-30,33-36,38-39,41H,2,12,16,19-25H2,1,3-11H3/t27-,28-,29-,30+,33+,34-,35-,36-,38-,39?,41?,43+,44?/m1/s1. The van der Waals surface area contributed by atoms with Crippen molar-refractivity contribution in [1.82, 2.24) is 9.80 Å². The molecule has 13 nitrogen and oxygen atoms in total. The summed E-state index contributed by atoms with van der Waals surface area (Å²) >= 11 is 0. The number of likely N-dealkylation sites (N-methyl/N-ethyl adjacent to an activating group) is 1. The molecule has 1 aromatic rings. The summed E-state index contributed by atoms with van der Waals surface area (Å²) in [5, 5.41) is 0. The van der Waals surface area contributed by atoms with Gasteiger partial charge in [-0.05, 0) is 85.0 Å². The Morgan fingerprint density at radius 3 is 2.37 bits per heavy atom. The Labute approximate surface area is 339 Å². The van der Waals surface area contributed by atoms with Crippen LogP contribution in [0.3, 0.4) is 0 Å². The second-order valence-electron chi connectivity index (χ2n) is 17.4. The summed E-state index contributed by atoms with van der Waals surface area (Å²) in [4.78, 5) is 59.2. The van der Waals surface area contributed by atoms with E-state index in [2.05, 4.69) is 6.58 Å². The van der Waals surface area contributed by atoms with Crippen molar-refractivity contribution >= 4 is 23.8 Å². The van der Waals surface area contributed by atoms with E-state index in [4.69, 9.17) is 33.2 Å². The zero-order valence-corrected chi connectivity index (χ0v) is 35.7. The van der Waals surface area contributed by atoms with Crippen molar-refractivity contribution < 1.29 is 52.3 Å². The van der Waals surface area contributed by atoms with Crippen molar-refractivity contribution in [3.8, 4) is 0 Å². The fourth-order valence-electron chi connectivity index (χ4n) is 9.41. The van der Waals surface area contributed by atoms with Crippen LogP contribution in [0.25, 0.3) is 0 Å². The number of ether oxygens (including phenoxy) is 7. The normalized spacial score (nSPS) is 38.4. The molecule has 318 valence electrons. The van der Waals surface area contributed by atoms with Gasteiger partial charge in [0.2, 0.25) is 0 Å². The van der Waals surface area contributed by atoms with Gasteiger partial charge in [-0.2, -0.15) is 0 Å². The third kappa shape index (κ3) is 10.1. The summed E-state index contributed by atoms with van der Waals surface area (Å²) in [6.45, 7) is 19.1. The number of esters is 2. The Morgan fingerprint density at radius 2 is 1.72 bits per heavy atom. The molecule has 2 bridgehead atoms. The first kappa shape index (κ1) is 44.7. The second kappa shape index (κ2) is 18.7. The summed E-state index contributed by atoms with van der Waals surface area (Å²) in [6.07, 6.45) is -2.24. The maximum atomic E-state index is 14.9. The van der Waals surface area contributed by atoms with Gasteiger partial charge in [0.1, 0.15) is 11.9 Å². The minimum atomic E-state index is -1.32. The Morgan fingerprint density at radius 1 is 1.02 bits per heavy atom. The maximum Gasteiger partial charge on any atom is 0.410 e. The van der Waals surface area contributed by atoms with Gasteiger partial charge in [-0.25, -0.2) is 4.79 Å². The molecule has 13 atom stereocenters. The predicted molar refractivity (Wildman–Crippen MR) is 212 cm³/mol. The van der Waals surface area contributed by atoms with Crippen LogP contribution < -0.4 is 0 Å². The molecule has 4 saturated heterocycles. The summed E-state index contributed by atoms with van der Waals surface area (Å²) < 4.78 is 45.0. The van der Waals surface area contributed by atoms with E-state index in [-0.39, 0.29) is 44.0 Å². The number of ketones is 1. The first-order valence-corrected chi connectivity index (χ1v) is 20.7. The number of nitrogens with zero attached hydrogens (tertiary/aromatic N) is 2. The van der Waals surface area contributed by atoms with Gasteiger partial charge in [-0.1, -0.05) is 57.7 Å². The lowest BCUT2D eigenvalue weighted by Gasteiger charge is -2.47. The SMILES string of the molecule is C=C1CO[C@@H]2C[C@@H](OC3O[C@H](C)C[C@H](N(C)C)[C@H]3OC(C)=O)[C@](C)(C[C@@H](C)C(=O)[C@H](C)C3N(CCCc4ccccc4)C(=O)OC3(C)[C@@H](CC)OC(=O)[C@@H]2C)OC1. The van der Waals surface area contributed by atoms with E-state index in [0.717, 1.165) is 12.0 Å². The second-order valence-corrected chi connectivity index (χ2v) is 17.4. The van der Waals surface area contributed by atoms with E-state index in [1.165, 1.54) is 6.92 Å². The number of hydrogen-bond acceptors (Lipinski definition) is 12. The fourth-order valence-corrected chi connectivity index (χ4v) is 9.41. The first-order valence-electron chi connectivity index (χ1n) is 20.7. The van der Waals surface area contributed by atoms with Crippen LogP contribution in [-0.4, -0.2) is 128 Å². The molecule has 4 aliphatic rings. The number of hydrogen-bond donors (Lipinski definition) is 0. The van der Waals surface area contributed by atoms with Crippen molar-refractivity contribution in [2.75, 3.05) is 33.9 Å². The van der Waals surface area contributed by atoms with Gasteiger partial charge in [0, 0.05) is 31.7 Å². The molecular weight excluding hydrogens is 732 g/mol. The summed E-state index contributed by atoms with van der Waals surface area (Å²) in [6, 6.07) is 9.10. The quantitative estimate of drug-likeness (QED) is 0.167. The Kier molecular flexibility index (Phi) is 14.7. The molecule has 4 aliphatic heterocycles. The average molecular weight is 799 g/mol. The van der Waals surface area contributed by atoms with Crippen molar-refractivity contribution in [3.63, 3.8) is 0 Å². The van der Waals surface area contributed by atoms with Gasteiger partial charge in [0.15, 0.2) is 18.0 Å². The highest BCUT2D eigenvalue weighted by molar-refractivity contribution is 5.85. The van der Waals surface area contributed by atoms with Crippen LogP contribution in [0.2, 0.25) is 0 Å². The molecular formula is C44H66N2O11. The lowest BCUT2D eigenvalue weighted by molar-refractivity contribution is -0.296. The summed E-state index contributed by atoms with van der Waals surface area (Å²) in [7, 11) is 3.85. The number of Topliss-reactive ketones (excluding diaryl/α,β-unsaturated/α-hetero) is 1. The van der Waals surface area contributed by atoms with Crippen molar-refractivity contribution in [3.05, 3.63) is 48.0 Å². The van der Waals surface area contributed by atoms with Crippen LogP contribution in [0.4, 0.5) is 4.79 Å². The molecule has 4 fully saturated rings. The van der Waals surface area contributed by atoms with Crippen LogP contribution in [0.1, 0.15) is 93.1 Å². The Balaban J connectivity index is 1.56. The highest BCUT2D eigenvalue weighted by Gasteiger charge is 2.60. The van der Waals surface area contributed by atoms with Crippen molar-refractivity contribution in [1.29, 1.82) is 0 Å². The largest absolute Gasteiger partial charge is 0.458 e. The summed E-state index contributed by atoms with van der Waals surface area (Å²) in [5.41, 5.74) is -0.671. The molecule has 0 aliphatic carbocycles. The number of fused-ring (bicyclic) bond motifs is 4. The average Bonchev–Trinajstić information content (AvgIpc) is 3.44.